The summed E-state index contributed by atoms with van der Waals surface area (Å²) in [6.07, 6.45) is 0. The number of aliphatic hydroxyl groups excluding tert-OH is 2. The van der Waals surface area contributed by atoms with Crippen LogP contribution in [0.15, 0.2) is 24.3 Å². The lowest BCUT2D eigenvalue weighted by molar-refractivity contribution is 0.253. The van der Waals surface area contributed by atoms with Gasteiger partial charge in [-0.2, -0.15) is 0 Å². The fraction of sp³-hybridized carbons (Fsp3) is 0.273. The zero-order valence-corrected chi connectivity index (χ0v) is 8.96. The van der Waals surface area contributed by atoms with Crippen molar-refractivity contribution in [3.8, 4) is 5.69 Å². The van der Waals surface area contributed by atoms with Crippen LogP contribution in [0.3, 0.4) is 0 Å². The van der Waals surface area contributed by atoms with Gasteiger partial charge in [0.15, 0.2) is 0 Å². The van der Waals surface area contributed by atoms with Crippen LogP contribution >= 0.6 is 0 Å². The Morgan fingerprint density at radius 1 is 1.12 bits per heavy atom. The van der Waals surface area contributed by atoms with Gasteiger partial charge in [0.05, 0.1) is 24.6 Å². The molecule has 0 spiro atoms. The van der Waals surface area contributed by atoms with Crippen LogP contribution in [-0.2, 0) is 13.2 Å². The van der Waals surface area contributed by atoms with Crippen LogP contribution in [0.4, 0.5) is 0 Å². The highest BCUT2D eigenvalue weighted by atomic mass is 16.3. The first-order chi connectivity index (χ1) is 7.76. The summed E-state index contributed by atoms with van der Waals surface area (Å²) < 4.78 is 1.53. The van der Waals surface area contributed by atoms with Crippen molar-refractivity contribution in [1.82, 2.24) is 15.0 Å². The summed E-state index contributed by atoms with van der Waals surface area (Å²) in [6, 6.07) is 7.70. The molecule has 0 aliphatic carbocycles. The average Bonchev–Trinajstić information content (AvgIpc) is 2.72. The second-order valence-corrected chi connectivity index (χ2v) is 3.55. The van der Waals surface area contributed by atoms with Crippen LogP contribution < -0.4 is 0 Å². The van der Waals surface area contributed by atoms with E-state index in [0.29, 0.717) is 11.4 Å². The molecule has 5 nitrogen and oxygen atoms in total. The fourth-order valence-electron chi connectivity index (χ4n) is 1.51. The van der Waals surface area contributed by atoms with Gasteiger partial charge in [0.1, 0.15) is 5.69 Å². The summed E-state index contributed by atoms with van der Waals surface area (Å²) in [4.78, 5) is 0. The monoisotopic (exact) mass is 219 g/mol. The van der Waals surface area contributed by atoms with Crippen molar-refractivity contribution < 1.29 is 10.2 Å². The third-order valence-corrected chi connectivity index (χ3v) is 2.42. The number of rotatable bonds is 3. The summed E-state index contributed by atoms with van der Waals surface area (Å²) in [5.41, 5.74) is 2.90. The topological polar surface area (TPSA) is 71.2 Å². The Morgan fingerprint density at radius 2 is 1.81 bits per heavy atom. The lowest BCUT2D eigenvalue weighted by Gasteiger charge is -2.05. The summed E-state index contributed by atoms with van der Waals surface area (Å²) in [5.74, 6) is 0. The Hall–Kier alpha value is -1.72. The highest BCUT2D eigenvalue weighted by Gasteiger charge is 2.11. The van der Waals surface area contributed by atoms with E-state index in [1.807, 2.05) is 31.2 Å². The molecular formula is C11H13N3O2. The van der Waals surface area contributed by atoms with Crippen molar-refractivity contribution >= 4 is 0 Å². The zero-order chi connectivity index (χ0) is 11.5. The van der Waals surface area contributed by atoms with Gasteiger partial charge < -0.3 is 10.2 Å². The van der Waals surface area contributed by atoms with E-state index in [9.17, 15) is 5.11 Å². The van der Waals surface area contributed by atoms with E-state index in [1.54, 1.807) is 0 Å². The second-order valence-electron chi connectivity index (χ2n) is 3.55. The Labute approximate surface area is 93.0 Å². The van der Waals surface area contributed by atoms with E-state index in [2.05, 4.69) is 10.3 Å². The Balaban J connectivity index is 2.47. The molecule has 2 N–H and O–H groups in total. The van der Waals surface area contributed by atoms with E-state index < -0.39 is 0 Å². The maximum absolute atomic E-state index is 9.22. The second kappa shape index (κ2) is 4.42. The van der Waals surface area contributed by atoms with Crippen LogP contribution in [-0.4, -0.2) is 25.2 Å². The minimum Gasteiger partial charge on any atom is -0.390 e. The van der Waals surface area contributed by atoms with Crippen molar-refractivity contribution in [3.05, 3.63) is 41.2 Å². The minimum absolute atomic E-state index is 0.198. The molecule has 0 radical (unpaired) electrons. The van der Waals surface area contributed by atoms with Crippen molar-refractivity contribution in [2.24, 2.45) is 0 Å². The van der Waals surface area contributed by atoms with E-state index in [1.165, 1.54) is 4.68 Å². The Bertz CT molecular complexity index is 476. The standard InChI is InChI=1S/C11H13N3O2/c1-8-2-4-9(5-3-8)14-11(7-16)10(6-15)12-13-14/h2-5,15-16H,6-7H2,1H3. The van der Waals surface area contributed by atoms with Crippen molar-refractivity contribution in [1.29, 1.82) is 0 Å². The van der Waals surface area contributed by atoms with Gasteiger partial charge in [0.2, 0.25) is 0 Å². The van der Waals surface area contributed by atoms with E-state index in [0.717, 1.165) is 11.3 Å². The summed E-state index contributed by atoms with van der Waals surface area (Å²) in [6.45, 7) is 1.58. The molecule has 1 heterocycles. The first kappa shape index (κ1) is 10.8. The van der Waals surface area contributed by atoms with Crippen LogP contribution in [0.25, 0.3) is 5.69 Å². The first-order valence-corrected chi connectivity index (χ1v) is 4.98. The molecule has 2 aromatic rings. The molecular weight excluding hydrogens is 206 g/mol. The zero-order valence-electron chi connectivity index (χ0n) is 8.96. The van der Waals surface area contributed by atoms with Crippen molar-refractivity contribution in [2.45, 2.75) is 20.1 Å². The van der Waals surface area contributed by atoms with Crippen LogP contribution in [0.1, 0.15) is 17.0 Å². The van der Waals surface area contributed by atoms with Crippen LogP contribution in [0.5, 0.6) is 0 Å². The highest BCUT2D eigenvalue weighted by molar-refractivity contribution is 5.35. The maximum Gasteiger partial charge on any atom is 0.114 e. The number of hydrogen-bond acceptors (Lipinski definition) is 4. The highest BCUT2D eigenvalue weighted by Crippen LogP contribution is 2.13. The smallest absolute Gasteiger partial charge is 0.114 e. The Kier molecular flexibility index (Phi) is 2.98. The number of nitrogens with zero attached hydrogens (tertiary/aromatic N) is 3. The molecule has 0 aliphatic heterocycles. The van der Waals surface area contributed by atoms with E-state index in [-0.39, 0.29) is 13.2 Å². The molecule has 1 aromatic heterocycles. The van der Waals surface area contributed by atoms with Crippen molar-refractivity contribution in [2.75, 3.05) is 0 Å². The van der Waals surface area contributed by atoms with Gasteiger partial charge in [0, 0.05) is 0 Å². The predicted molar refractivity (Wildman–Crippen MR) is 57.9 cm³/mol. The largest absolute Gasteiger partial charge is 0.390 e. The van der Waals surface area contributed by atoms with Gasteiger partial charge in [0.25, 0.3) is 0 Å². The lowest BCUT2D eigenvalue weighted by Crippen LogP contribution is -2.03. The third-order valence-electron chi connectivity index (χ3n) is 2.42. The van der Waals surface area contributed by atoms with Gasteiger partial charge in [-0.25, -0.2) is 4.68 Å². The molecule has 84 valence electrons. The maximum atomic E-state index is 9.22. The molecule has 0 saturated heterocycles. The van der Waals surface area contributed by atoms with Crippen LogP contribution in [0, 0.1) is 6.92 Å². The number of aliphatic hydroxyl groups is 2. The predicted octanol–water partition coefficient (Wildman–Crippen LogP) is 0.560. The van der Waals surface area contributed by atoms with Gasteiger partial charge in [-0.05, 0) is 19.1 Å². The molecule has 0 unspecified atom stereocenters. The summed E-state index contributed by atoms with van der Waals surface area (Å²) in [7, 11) is 0. The summed E-state index contributed by atoms with van der Waals surface area (Å²) >= 11 is 0. The van der Waals surface area contributed by atoms with Gasteiger partial charge >= 0.3 is 0 Å². The molecule has 0 amide bonds. The SMILES string of the molecule is Cc1ccc(-n2nnc(CO)c2CO)cc1. The Morgan fingerprint density at radius 3 is 2.38 bits per heavy atom. The van der Waals surface area contributed by atoms with E-state index >= 15 is 0 Å². The number of hydrogen-bond donors (Lipinski definition) is 2. The molecule has 1 aromatic carbocycles. The molecule has 16 heavy (non-hydrogen) atoms. The van der Waals surface area contributed by atoms with E-state index in [4.69, 9.17) is 5.11 Å². The van der Waals surface area contributed by atoms with Gasteiger partial charge in [-0.15, -0.1) is 5.10 Å². The van der Waals surface area contributed by atoms with Crippen LogP contribution in [0.2, 0.25) is 0 Å². The normalized spacial score (nSPS) is 10.7. The molecule has 0 fully saturated rings. The average molecular weight is 219 g/mol. The number of benzene rings is 1. The molecule has 0 saturated carbocycles. The van der Waals surface area contributed by atoms with Gasteiger partial charge in [-0.3, -0.25) is 0 Å². The molecule has 5 heteroatoms. The first-order valence-electron chi connectivity index (χ1n) is 4.98. The van der Waals surface area contributed by atoms with Gasteiger partial charge in [-0.1, -0.05) is 22.9 Å². The van der Waals surface area contributed by atoms with Crippen molar-refractivity contribution in [3.63, 3.8) is 0 Å². The lowest BCUT2D eigenvalue weighted by atomic mass is 10.2. The third kappa shape index (κ3) is 1.82. The minimum atomic E-state index is -0.220. The number of aromatic nitrogens is 3. The number of aryl methyl sites for hydroxylation is 1. The molecule has 0 bridgehead atoms. The summed E-state index contributed by atoms with van der Waals surface area (Å²) in [5, 5.41) is 26.0. The quantitative estimate of drug-likeness (QED) is 0.791. The fourth-order valence-corrected chi connectivity index (χ4v) is 1.51. The molecule has 2 rings (SSSR count). The molecule has 0 atom stereocenters. The molecule has 0 aliphatic rings.